The minimum atomic E-state index is -1.13. The third-order valence-corrected chi connectivity index (χ3v) is 2.32. The Kier molecular flexibility index (Phi) is 3.22. The molecular weight excluding hydrogens is 212 g/mol. The van der Waals surface area contributed by atoms with E-state index in [1.807, 2.05) is 13.8 Å². The zero-order chi connectivity index (χ0) is 11.6. The highest BCUT2D eigenvalue weighted by Crippen LogP contribution is 2.17. The predicted octanol–water partition coefficient (Wildman–Crippen LogP) is 2.44. The van der Waals surface area contributed by atoms with Crippen molar-refractivity contribution in [3.8, 4) is 6.07 Å². The van der Waals surface area contributed by atoms with E-state index in [4.69, 9.17) is 22.6 Å². The Morgan fingerprint density at radius 2 is 2.27 bits per heavy atom. The first-order valence-electron chi connectivity index (χ1n) is 4.38. The molecule has 0 aliphatic heterocycles. The van der Waals surface area contributed by atoms with Crippen LogP contribution in [0.2, 0.25) is 0 Å². The maximum atomic E-state index is 10.9. The summed E-state index contributed by atoms with van der Waals surface area (Å²) in [5.74, 6) is -0.994. The quantitative estimate of drug-likeness (QED) is 0.753. The summed E-state index contributed by atoms with van der Waals surface area (Å²) >= 11 is 4.92. The summed E-state index contributed by atoms with van der Waals surface area (Å²) in [7, 11) is 0. The van der Waals surface area contributed by atoms with Crippen LogP contribution in [0.5, 0.6) is 0 Å². The molecule has 0 bridgehead atoms. The lowest BCUT2D eigenvalue weighted by molar-refractivity contribution is 0.0696. The van der Waals surface area contributed by atoms with Crippen LogP contribution in [-0.4, -0.2) is 16.1 Å². The lowest BCUT2D eigenvalue weighted by Gasteiger charge is -2.07. The SMILES string of the molecule is CC(C)c1cc(C(=O)O)c(C#N)c(=S)[nH]1. The summed E-state index contributed by atoms with van der Waals surface area (Å²) in [5.41, 5.74) is 0.697. The van der Waals surface area contributed by atoms with Gasteiger partial charge in [-0.1, -0.05) is 26.1 Å². The van der Waals surface area contributed by atoms with Gasteiger partial charge in [0.25, 0.3) is 0 Å². The predicted molar refractivity (Wildman–Crippen MR) is 57.4 cm³/mol. The number of aromatic amines is 1. The molecule has 1 aromatic rings. The van der Waals surface area contributed by atoms with Crippen molar-refractivity contribution in [3.05, 3.63) is 27.5 Å². The number of aromatic carboxylic acids is 1. The van der Waals surface area contributed by atoms with Gasteiger partial charge in [0, 0.05) is 5.69 Å². The van der Waals surface area contributed by atoms with Crippen LogP contribution in [0.4, 0.5) is 0 Å². The summed E-state index contributed by atoms with van der Waals surface area (Å²) in [6.45, 7) is 3.83. The van der Waals surface area contributed by atoms with Gasteiger partial charge in [-0.05, 0) is 12.0 Å². The fourth-order valence-corrected chi connectivity index (χ4v) is 1.44. The van der Waals surface area contributed by atoms with E-state index in [0.29, 0.717) is 0 Å². The highest BCUT2D eigenvalue weighted by molar-refractivity contribution is 7.71. The van der Waals surface area contributed by atoms with Crippen molar-refractivity contribution in [1.29, 1.82) is 5.26 Å². The number of carboxylic acids is 1. The molecule has 2 N–H and O–H groups in total. The number of H-pyrrole nitrogens is 1. The summed E-state index contributed by atoms with van der Waals surface area (Å²) in [5, 5.41) is 17.7. The number of carbonyl (C=O) groups is 1. The van der Waals surface area contributed by atoms with Crippen LogP contribution in [0.15, 0.2) is 6.07 Å². The molecule has 5 heteroatoms. The third-order valence-electron chi connectivity index (χ3n) is 2.02. The molecule has 0 aromatic carbocycles. The lowest BCUT2D eigenvalue weighted by atomic mass is 10.0. The maximum absolute atomic E-state index is 10.9. The van der Waals surface area contributed by atoms with E-state index in [9.17, 15) is 4.79 Å². The minimum absolute atomic E-state index is 0.0156. The van der Waals surface area contributed by atoms with Gasteiger partial charge < -0.3 is 10.1 Å². The molecular formula is C10H10N2O2S. The number of hydrogen-bond acceptors (Lipinski definition) is 3. The Morgan fingerprint density at radius 1 is 1.67 bits per heavy atom. The van der Waals surface area contributed by atoms with Gasteiger partial charge in [-0.25, -0.2) is 4.79 Å². The summed E-state index contributed by atoms with van der Waals surface area (Å²) in [6.07, 6.45) is 0. The van der Waals surface area contributed by atoms with Gasteiger partial charge in [0.15, 0.2) is 0 Å². The number of nitrogens with zero attached hydrogens (tertiary/aromatic N) is 1. The molecule has 1 aromatic heterocycles. The van der Waals surface area contributed by atoms with E-state index in [0.717, 1.165) is 5.69 Å². The number of aromatic nitrogens is 1. The lowest BCUT2D eigenvalue weighted by Crippen LogP contribution is -2.05. The molecule has 0 spiro atoms. The van der Waals surface area contributed by atoms with Gasteiger partial charge in [-0.15, -0.1) is 0 Å². The highest BCUT2D eigenvalue weighted by Gasteiger charge is 2.14. The molecule has 1 heterocycles. The first-order valence-corrected chi connectivity index (χ1v) is 4.78. The topological polar surface area (TPSA) is 76.9 Å². The summed E-state index contributed by atoms with van der Waals surface area (Å²) < 4.78 is 0.182. The Hall–Kier alpha value is -1.67. The van der Waals surface area contributed by atoms with Crippen LogP contribution in [0.1, 0.15) is 41.4 Å². The number of carboxylic acid groups (broad SMARTS) is 1. The minimum Gasteiger partial charge on any atom is -0.478 e. The second-order valence-corrected chi connectivity index (χ2v) is 3.82. The number of nitriles is 1. The zero-order valence-corrected chi connectivity index (χ0v) is 9.18. The van der Waals surface area contributed by atoms with Crippen LogP contribution in [0.25, 0.3) is 0 Å². The standard InChI is InChI=1S/C10H10N2O2S/c1-5(2)8-3-6(10(13)14)7(4-11)9(15)12-8/h3,5H,1-2H3,(H,12,15)(H,13,14). The number of nitrogens with one attached hydrogen (secondary N) is 1. The fraction of sp³-hybridized carbons (Fsp3) is 0.300. The van der Waals surface area contributed by atoms with E-state index >= 15 is 0 Å². The summed E-state index contributed by atoms with van der Waals surface area (Å²) in [6, 6.07) is 3.25. The molecule has 0 saturated heterocycles. The normalized spacial score (nSPS) is 10.0. The van der Waals surface area contributed by atoms with E-state index in [2.05, 4.69) is 4.98 Å². The molecule has 0 atom stereocenters. The largest absolute Gasteiger partial charge is 0.478 e. The Balaban J connectivity index is 3.55. The molecule has 4 nitrogen and oxygen atoms in total. The van der Waals surface area contributed by atoms with E-state index in [1.54, 1.807) is 6.07 Å². The van der Waals surface area contributed by atoms with Gasteiger partial charge in [0.1, 0.15) is 16.3 Å². The first-order chi connectivity index (χ1) is 6.97. The van der Waals surface area contributed by atoms with Crippen LogP contribution in [-0.2, 0) is 0 Å². The van der Waals surface area contributed by atoms with Gasteiger partial charge in [0.05, 0.1) is 5.56 Å². The average Bonchev–Trinajstić information content (AvgIpc) is 2.16. The Bertz CT molecular complexity index is 497. The fourth-order valence-electron chi connectivity index (χ4n) is 1.17. The van der Waals surface area contributed by atoms with Crippen LogP contribution >= 0.6 is 12.2 Å². The second kappa shape index (κ2) is 4.24. The molecule has 0 aliphatic carbocycles. The second-order valence-electron chi connectivity index (χ2n) is 3.41. The highest BCUT2D eigenvalue weighted by atomic mass is 32.1. The van der Waals surface area contributed by atoms with Gasteiger partial charge in [-0.3, -0.25) is 0 Å². The monoisotopic (exact) mass is 222 g/mol. The average molecular weight is 222 g/mol. The Morgan fingerprint density at radius 3 is 2.67 bits per heavy atom. The zero-order valence-electron chi connectivity index (χ0n) is 8.37. The van der Waals surface area contributed by atoms with Crippen molar-refractivity contribution in [2.75, 3.05) is 0 Å². The van der Waals surface area contributed by atoms with Crippen molar-refractivity contribution in [3.63, 3.8) is 0 Å². The summed E-state index contributed by atoms with van der Waals surface area (Å²) in [4.78, 5) is 13.7. The van der Waals surface area contributed by atoms with Crippen LogP contribution < -0.4 is 0 Å². The van der Waals surface area contributed by atoms with Crippen molar-refractivity contribution in [2.24, 2.45) is 0 Å². The molecule has 0 unspecified atom stereocenters. The van der Waals surface area contributed by atoms with E-state index in [-0.39, 0.29) is 21.7 Å². The molecule has 15 heavy (non-hydrogen) atoms. The van der Waals surface area contributed by atoms with Crippen LogP contribution in [0.3, 0.4) is 0 Å². The number of rotatable bonds is 2. The number of pyridine rings is 1. The van der Waals surface area contributed by atoms with Crippen molar-refractivity contribution < 1.29 is 9.90 Å². The maximum Gasteiger partial charge on any atom is 0.337 e. The smallest absolute Gasteiger partial charge is 0.337 e. The van der Waals surface area contributed by atoms with Gasteiger partial charge in [-0.2, -0.15) is 5.26 Å². The molecule has 1 rings (SSSR count). The molecule has 0 aliphatic rings. The van der Waals surface area contributed by atoms with Crippen molar-refractivity contribution >= 4 is 18.2 Å². The van der Waals surface area contributed by atoms with Crippen molar-refractivity contribution in [2.45, 2.75) is 19.8 Å². The third kappa shape index (κ3) is 2.22. The van der Waals surface area contributed by atoms with E-state index in [1.165, 1.54) is 6.07 Å². The molecule has 78 valence electrons. The molecule has 0 saturated carbocycles. The first kappa shape index (κ1) is 11.4. The molecule has 0 fully saturated rings. The van der Waals surface area contributed by atoms with Crippen LogP contribution in [0, 0.1) is 16.0 Å². The molecule has 0 amide bonds. The van der Waals surface area contributed by atoms with Crippen molar-refractivity contribution in [1.82, 2.24) is 4.98 Å². The molecule has 0 radical (unpaired) electrons. The Labute approximate surface area is 92.2 Å². The van der Waals surface area contributed by atoms with Gasteiger partial charge >= 0.3 is 5.97 Å². The van der Waals surface area contributed by atoms with E-state index < -0.39 is 5.97 Å². The number of hydrogen-bond donors (Lipinski definition) is 2. The van der Waals surface area contributed by atoms with Gasteiger partial charge in [0.2, 0.25) is 0 Å².